The molecule has 2 atom stereocenters. The van der Waals surface area contributed by atoms with Gasteiger partial charge in [0.05, 0.1) is 0 Å². The summed E-state index contributed by atoms with van der Waals surface area (Å²) < 4.78 is 0.566. The van der Waals surface area contributed by atoms with Crippen LogP contribution >= 0.6 is 0 Å². The van der Waals surface area contributed by atoms with Gasteiger partial charge in [0.2, 0.25) is 0 Å². The van der Waals surface area contributed by atoms with Crippen LogP contribution in [0.2, 0.25) is 0 Å². The average Bonchev–Trinajstić information content (AvgIpc) is 1.99. The molecule has 10 heavy (non-hydrogen) atoms. The molecule has 0 aliphatic rings. The van der Waals surface area contributed by atoms with Gasteiger partial charge in [0.1, 0.15) is 0 Å². The van der Waals surface area contributed by atoms with E-state index >= 15 is 0 Å². The molecule has 3 heteroatoms. The Balaban J connectivity index is 3.67. The minimum atomic E-state index is 0.0998. The van der Waals surface area contributed by atoms with Crippen LogP contribution in [0.5, 0.6) is 0 Å². The van der Waals surface area contributed by atoms with E-state index in [2.05, 4.69) is 24.0 Å². The first kappa shape index (κ1) is 10.3. The molecule has 0 amide bonds. The number of hydrogen-bond acceptors (Lipinski definition) is 2. The minimum absolute atomic E-state index is 0.0998. The number of nitroso groups, excluding NO2 is 1. The molecule has 0 unspecified atom stereocenters. The second-order valence-corrected chi connectivity index (χ2v) is 5.57. The Hall–Kier alpha value is 0.330. The quantitative estimate of drug-likeness (QED) is 0.353. The van der Waals surface area contributed by atoms with E-state index in [4.69, 9.17) is 0 Å². The summed E-state index contributed by atoms with van der Waals surface area (Å²) in [7, 11) is 0. The van der Waals surface area contributed by atoms with Crippen LogP contribution in [0, 0.1) is 4.91 Å². The van der Waals surface area contributed by atoms with Crippen molar-refractivity contribution in [1.29, 1.82) is 0 Å². The summed E-state index contributed by atoms with van der Waals surface area (Å²) in [5.74, 6) is 0. The molecule has 0 aliphatic heterocycles. The van der Waals surface area contributed by atoms with Gasteiger partial charge in [-0.1, -0.05) is 0 Å². The van der Waals surface area contributed by atoms with Crippen LogP contribution in [-0.2, 0) is 0 Å². The zero-order valence-electron chi connectivity index (χ0n) is 6.80. The zero-order valence-corrected chi connectivity index (χ0v) is 8.96. The maximum absolute atomic E-state index is 10.3. The standard InChI is InChI=1S/C7H15INO/c1-4-5-7(9-10)6(2)8-3/h6-7H,4-5H2,1-3H3/q-1/t6-,7+/m1/s1. The van der Waals surface area contributed by atoms with Crippen LogP contribution < -0.4 is 21.2 Å². The first-order valence-corrected chi connectivity index (χ1v) is 6.97. The van der Waals surface area contributed by atoms with Gasteiger partial charge in [-0.05, 0) is 0 Å². The SMILES string of the molecule is CCC[C@H](N=O)[C@@H](C)[I-]C. The van der Waals surface area contributed by atoms with Gasteiger partial charge in [0.15, 0.2) is 0 Å². The predicted octanol–water partition coefficient (Wildman–Crippen LogP) is -0.971. The molecule has 0 rings (SSSR count). The molecule has 0 aromatic heterocycles. The third-order valence-electron chi connectivity index (χ3n) is 1.59. The summed E-state index contributed by atoms with van der Waals surface area (Å²) in [5.41, 5.74) is 0. The van der Waals surface area contributed by atoms with Crippen LogP contribution in [0.1, 0.15) is 26.7 Å². The molecule has 0 aromatic carbocycles. The summed E-state index contributed by atoms with van der Waals surface area (Å²) in [6.45, 7) is 4.23. The molecule has 0 spiro atoms. The molecule has 2 nitrogen and oxygen atoms in total. The number of nitrogens with zero attached hydrogens (tertiary/aromatic N) is 1. The van der Waals surface area contributed by atoms with E-state index in [9.17, 15) is 4.91 Å². The number of hydrogen-bond donors (Lipinski definition) is 0. The van der Waals surface area contributed by atoms with Gasteiger partial charge in [-0.3, -0.25) is 0 Å². The fourth-order valence-electron chi connectivity index (χ4n) is 0.807. The second-order valence-electron chi connectivity index (χ2n) is 2.36. The van der Waals surface area contributed by atoms with Crippen LogP contribution in [0.3, 0.4) is 0 Å². The number of alkyl halides is 2. The summed E-state index contributed by atoms with van der Waals surface area (Å²) in [4.78, 5) is 12.5. The second kappa shape index (κ2) is 6.07. The van der Waals surface area contributed by atoms with Crippen LogP contribution in [0.25, 0.3) is 0 Å². The molecular weight excluding hydrogens is 241 g/mol. The molecule has 62 valence electrons. The molecule has 0 bridgehead atoms. The van der Waals surface area contributed by atoms with Crippen molar-refractivity contribution >= 4 is 0 Å². The molecule has 0 radical (unpaired) electrons. The summed E-state index contributed by atoms with van der Waals surface area (Å²) >= 11 is 0.192. The van der Waals surface area contributed by atoms with Crippen molar-refractivity contribution in [2.24, 2.45) is 5.18 Å². The van der Waals surface area contributed by atoms with Gasteiger partial charge in [0.25, 0.3) is 0 Å². The Morgan fingerprint density at radius 1 is 1.60 bits per heavy atom. The van der Waals surface area contributed by atoms with Crippen LogP contribution in [0.4, 0.5) is 0 Å². The molecular formula is C7H15INO-. The van der Waals surface area contributed by atoms with E-state index in [1.807, 2.05) is 0 Å². The first-order valence-electron chi connectivity index (χ1n) is 3.56. The third kappa shape index (κ3) is 3.49. The van der Waals surface area contributed by atoms with Gasteiger partial charge >= 0.3 is 72.9 Å². The molecule has 0 aliphatic carbocycles. The van der Waals surface area contributed by atoms with E-state index in [0.717, 1.165) is 12.8 Å². The van der Waals surface area contributed by atoms with E-state index in [0.29, 0.717) is 3.92 Å². The summed E-state index contributed by atoms with van der Waals surface area (Å²) in [6.07, 6.45) is 2.04. The van der Waals surface area contributed by atoms with Crippen molar-refractivity contribution in [3.05, 3.63) is 4.91 Å². The van der Waals surface area contributed by atoms with E-state index < -0.39 is 0 Å². The number of halogens is 1. The van der Waals surface area contributed by atoms with Crippen molar-refractivity contribution in [3.8, 4) is 0 Å². The maximum atomic E-state index is 10.3. The average molecular weight is 256 g/mol. The zero-order chi connectivity index (χ0) is 7.98. The Morgan fingerprint density at radius 2 is 2.20 bits per heavy atom. The van der Waals surface area contributed by atoms with Gasteiger partial charge < -0.3 is 0 Å². The van der Waals surface area contributed by atoms with Crippen molar-refractivity contribution < 1.29 is 21.2 Å². The fourth-order valence-corrected chi connectivity index (χ4v) is 2.13. The van der Waals surface area contributed by atoms with Gasteiger partial charge in [0, 0.05) is 0 Å². The predicted molar refractivity (Wildman–Crippen MR) is 39.9 cm³/mol. The number of rotatable bonds is 5. The van der Waals surface area contributed by atoms with E-state index in [-0.39, 0.29) is 27.2 Å². The normalized spacial score (nSPS) is 16.7. The van der Waals surface area contributed by atoms with Crippen LogP contribution in [0.15, 0.2) is 5.18 Å². The monoisotopic (exact) mass is 256 g/mol. The Morgan fingerprint density at radius 3 is 2.50 bits per heavy atom. The van der Waals surface area contributed by atoms with Crippen LogP contribution in [-0.4, -0.2) is 14.9 Å². The van der Waals surface area contributed by atoms with Crippen molar-refractivity contribution in [3.63, 3.8) is 0 Å². The van der Waals surface area contributed by atoms with Crippen molar-refractivity contribution in [1.82, 2.24) is 0 Å². The Kier molecular flexibility index (Phi) is 6.27. The first-order chi connectivity index (χ1) is 4.76. The Bertz CT molecular complexity index is 97.6. The molecule has 0 saturated heterocycles. The van der Waals surface area contributed by atoms with E-state index in [1.54, 1.807) is 0 Å². The van der Waals surface area contributed by atoms with Gasteiger partial charge in [-0.15, -0.1) is 0 Å². The van der Waals surface area contributed by atoms with Gasteiger partial charge in [-0.2, -0.15) is 0 Å². The van der Waals surface area contributed by atoms with Crippen molar-refractivity contribution in [2.45, 2.75) is 36.7 Å². The molecule has 0 aromatic rings. The molecule has 0 fully saturated rings. The van der Waals surface area contributed by atoms with E-state index in [1.165, 1.54) is 0 Å². The van der Waals surface area contributed by atoms with Gasteiger partial charge in [-0.25, -0.2) is 0 Å². The summed E-state index contributed by atoms with van der Waals surface area (Å²) in [6, 6.07) is 0.0998. The summed E-state index contributed by atoms with van der Waals surface area (Å²) in [5, 5.41) is 3.13. The fraction of sp³-hybridized carbons (Fsp3) is 1.00. The molecule has 0 saturated carbocycles. The van der Waals surface area contributed by atoms with Crippen molar-refractivity contribution in [2.75, 3.05) is 4.93 Å². The molecule has 0 N–H and O–H groups in total. The Labute approximate surface area is 73.0 Å². The third-order valence-corrected chi connectivity index (χ3v) is 4.39. The topological polar surface area (TPSA) is 29.4 Å². The molecule has 0 heterocycles.